The van der Waals surface area contributed by atoms with Crippen LogP contribution in [0.3, 0.4) is 0 Å². The number of piperidine rings is 1. The minimum atomic E-state index is 0.0489. The molecule has 0 saturated carbocycles. The molecule has 1 aliphatic heterocycles. The molecule has 1 amide bonds. The highest BCUT2D eigenvalue weighted by molar-refractivity contribution is 6.07. The number of nitrogen functional groups attached to an aromatic ring is 1. The van der Waals surface area contributed by atoms with Gasteiger partial charge in [0, 0.05) is 31.9 Å². The molecular formula is C22H29N5O2. The van der Waals surface area contributed by atoms with Crippen LogP contribution >= 0.6 is 0 Å². The van der Waals surface area contributed by atoms with E-state index in [1.165, 1.54) is 6.42 Å². The fourth-order valence-corrected chi connectivity index (χ4v) is 4.04. The predicted octanol–water partition coefficient (Wildman–Crippen LogP) is 3.44. The average molecular weight is 396 g/mol. The monoisotopic (exact) mass is 395 g/mol. The van der Waals surface area contributed by atoms with Crippen molar-refractivity contribution in [2.24, 2.45) is 7.05 Å². The van der Waals surface area contributed by atoms with E-state index in [0.29, 0.717) is 11.6 Å². The largest absolute Gasteiger partial charge is 0.484 e. The van der Waals surface area contributed by atoms with Gasteiger partial charge in [0.15, 0.2) is 12.4 Å². The SMILES string of the molecule is CCCCc1nc2c(N)nc3ccc(OCC(=O)N4CCCCC4)cc3c2n1C. The molecule has 0 atom stereocenters. The molecule has 2 N–H and O–H groups in total. The molecule has 0 bridgehead atoms. The van der Waals surface area contributed by atoms with Gasteiger partial charge >= 0.3 is 0 Å². The summed E-state index contributed by atoms with van der Waals surface area (Å²) < 4.78 is 7.95. The molecule has 2 aromatic heterocycles. The Morgan fingerprint density at radius 1 is 1.21 bits per heavy atom. The van der Waals surface area contributed by atoms with Crippen molar-refractivity contribution in [1.29, 1.82) is 0 Å². The maximum absolute atomic E-state index is 12.4. The zero-order valence-electron chi connectivity index (χ0n) is 17.3. The molecule has 0 aliphatic carbocycles. The third kappa shape index (κ3) is 3.86. The molecule has 7 nitrogen and oxygen atoms in total. The Balaban J connectivity index is 1.63. The lowest BCUT2D eigenvalue weighted by atomic mass is 10.1. The van der Waals surface area contributed by atoms with E-state index in [-0.39, 0.29) is 12.5 Å². The summed E-state index contributed by atoms with van der Waals surface area (Å²) in [6.45, 7) is 3.89. The number of hydrogen-bond donors (Lipinski definition) is 1. The molecule has 7 heteroatoms. The van der Waals surface area contributed by atoms with Crippen LogP contribution in [0.4, 0.5) is 5.82 Å². The van der Waals surface area contributed by atoms with Gasteiger partial charge in [-0.1, -0.05) is 13.3 Å². The summed E-state index contributed by atoms with van der Waals surface area (Å²) in [5, 5.41) is 0.940. The number of benzene rings is 1. The minimum absolute atomic E-state index is 0.0489. The maximum atomic E-state index is 12.4. The number of amides is 1. The molecule has 1 saturated heterocycles. The zero-order valence-corrected chi connectivity index (χ0v) is 17.3. The number of hydrogen-bond acceptors (Lipinski definition) is 5. The molecule has 1 aliphatic rings. The van der Waals surface area contributed by atoms with Crippen molar-refractivity contribution in [2.45, 2.75) is 45.4 Å². The van der Waals surface area contributed by atoms with Gasteiger partial charge in [-0.05, 0) is 43.9 Å². The molecule has 1 fully saturated rings. The predicted molar refractivity (Wildman–Crippen MR) is 115 cm³/mol. The van der Waals surface area contributed by atoms with Crippen LogP contribution in [0, 0.1) is 0 Å². The standard InChI is InChI=1S/C22H29N5O2/c1-3-4-8-18-25-20-21(26(18)2)16-13-15(9-10-17(16)24-22(20)23)29-14-19(28)27-11-6-5-7-12-27/h9-10,13H,3-8,11-12,14H2,1-2H3,(H2,23,24). The number of ether oxygens (including phenoxy) is 1. The van der Waals surface area contributed by atoms with E-state index >= 15 is 0 Å². The van der Waals surface area contributed by atoms with Gasteiger partial charge in [-0.25, -0.2) is 9.97 Å². The number of aryl methyl sites for hydroxylation is 2. The Morgan fingerprint density at radius 2 is 2.00 bits per heavy atom. The summed E-state index contributed by atoms with van der Waals surface area (Å²) in [7, 11) is 2.02. The highest BCUT2D eigenvalue weighted by Crippen LogP contribution is 2.31. The maximum Gasteiger partial charge on any atom is 0.260 e. The van der Waals surface area contributed by atoms with Gasteiger partial charge in [-0.2, -0.15) is 0 Å². The fraction of sp³-hybridized carbons (Fsp3) is 0.500. The summed E-state index contributed by atoms with van der Waals surface area (Å²) in [5.74, 6) is 2.16. The number of nitrogens with zero attached hydrogens (tertiary/aromatic N) is 4. The number of anilines is 1. The normalized spacial score (nSPS) is 14.6. The van der Waals surface area contributed by atoms with Crippen LogP contribution in [0.5, 0.6) is 5.75 Å². The zero-order chi connectivity index (χ0) is 20.4. The summed E-state index contributed by atoms with van der Waals surface area (Å²) in [6, 6.07) is 5.68. The first-order valence-corrected chi connectivity index (χ1v) is 10.5. The van der Waals surface area contributed by atoms with Crippen molar-refractivity contribution < 1.29 is 9.53 Å². The van der Waals surface area contributed by atoms with Crippen LogP contribution in [-0.2, 0) is 18.3 Å². The van der Waals surface area contributed by atoms with E-state index in [1.54, 1.807) is 0 Å². The van der Waals surface area contributed by atoms with Gasteiger partial charge in [0.25, 0.3) is 5.91 Å². The molecule has 0 radical (unpaired) electrons. The van der Waals surface area contributed by atoms with Gasteiger partial charge < -0.3 is 19.9 Å². The number of aromatic nitrogens is 3. The number of carbonyl (C=O) groups excluding carboxylic acids is 1. The molecular weight excluding hydrogens is 366 g/mol. The second kappa shape index (κ2) is 8.27. The minimum Gasteiger partial charge on any atom is -0.484 e. The Labute approximate surface area is 170 Å². The van der Waals surface area contributed by atoms with Gasteiger partial charge in [0.2, 0.25) is 0 Å². The van der Waals surface area contributed by atoms with Crippen molar-refractivity contribution in [2.75, 3.05) is 25.4 Å². The van der Waals surface area contributed by atoms with Crippen molar-refractivity contribution in [3.63, 3.8) is 0 Å². The quantitative estimate of drug-likeness (QED) is 0.691. The van der Waals surface area contributed by atoms with Crippen LogP contribution in [0.1, 0.15) is 44.9 Å². The first-order valence-electron chi connectivity index (χ1n) is 10.5. The topological polar surface area (TPSA) is 86.3 Å². The number of likely N-dealkylation sites (tertiary alicyclic amines) is 1. The van der Waals surface area contributed by atoms with Crippen LogP contribution in [-0.4, -0.2) is 45.0 Å². The van der Waals surface area contributed by atoms with Crippen LogP contribution in [0.15, 0.2) is 18.2 Å². The van der Waals surface area contributed by atoms with E-state index in [1.807, 2.05) is 30.1 Å². The Bertz CT molecular complexity index is 1040. The van der Waals surface area contributed by atoms with Crippen LogP contribution in [0.2, 0.25) is 0 Å². The van der Waals surface area contributed by atoms with Gasteiger partial charge in [-0.3, -0.25) is 4.79 Å². The van der Waals surface area contributed by atoms with Crippen molar-refractivity contribution in [3.8, 4) is 5.75 Å². The fourth-order valence-electron chi connectivity index (χ4n) is 4.04. The molecule has 29 heavy (non-hydrogen) atoms. The smallest absolute Gasteiger partial charge is 0.260 e. The Kier molecular flexibility index (Phi) is 5.56. The average Bonchev–Trinajstić information content (AvgIpc) is 3.08. The number of nitrogens with two attached hydrogens (primary N) is 1. The molecule has 0 unspecified atom stereocenters. The molecule has 1 aromatic carbocycles. The molecule has 3 heterocycles. The van der Waals surface area contributed by atoms with Crippen LogP contribution < -0.4 is 10.5 Å². The van der Waals surface area contributed by atoms with Gasteiger partial charge in [0.05, 0.1) is 11.0 Å². The number of fused-ring (bicyclic) bond motifs is 3. The van der Waals surface area contributed by atoms with E-state index in [9.17, 15) is 4.79 Å². The Morgan fingerprint density at radius 3 is 2.76 bits per heavy atom. The molecule has 4 rings (SSSR count). The van der Waals surface area contributed by atoms with Gasteiger partial charge in [0.1, 0.15) is 17.1 Å². The molecule has 154 valence electrons. The third-order valence-corrected chi connectivity index (χ3v) is 5.72. The molecule has 3 aromatic rings. The lowest BCUT2D eigenvalue weighted by molar-refractivity contribution is -0.134. The first-order chi connectivity index (χ1) is 14.1. The number of carbonyl (C=O) groups is 1. The summed E-state index contributed by atoms with van der Waals surface area (Å²) in [6.07, 6.45) is 6.45. The second-order valence-electron chi connectivity index (χ2n) is 7.79. The summed E-state index contributed by atoms with van der Waals surface area (Å²) in [5.41, 5.74) is 8.68. The third-order valence-electron chi connectivity index (χ3n) is 5.72. The second-order valence-corrected chi connectivity index (χ2v) is 7.79. The number of pyridine rings is 1. The van der Waals surface area contributed by atoms with Crippen molar-refractivity contribution in [3.05, 3.63) is 24.0 Å². The van der Waals surface area contributed by atoms with E-state index in [0.717, 1.165) is 73.0 Å². The first kappa shape index (κ1) is 19.5. The van der Waals surface area contributed by atoms with Crippen molar-refractivity contribution >= 4 is 33.7 Å². The lowest BCUT2D eigenvalue weighted by Gasteiger charge is -2.26. The highest BCUT2D eigenvalue weighted by Gasteiger charge is 2.18. The van der Waals surface area contributed by atoms with Crippen LogP contribution in [0.25, 0.3) is 21.9 Å². The summed E-state index contributed by atoms with van der Waals surface area (Å²) in [4.78, 5) is 23.6. The lowest BCUT2D eigenvalue weighted by Crippen LogP contribution is -2.38. The number of unbranched alkanes of at least 4 members (excludes halogenated alkanes) is 1. The highest BCUT2D eigenvalue weighted by atomic mass is 16.5. The summed E-state index contributed by atoms with van der Waals surface area (Å²) >= 11 is 0. The number of imidazole rings is 1. The number of rotatable bonds is 6. The van der Waals surface area contributed by atoms with E-state index < -0.39 is 0 Å². The Hall–Kier alpha value is -2.83. The van der Waals surface area contributed by atoms with E-state index in [4.69, 9.17) is 15.5 Å². The molecule has 0 spiro atoms. The van der Waals surface area contributed by atoms with E-state index in [2.05, 4.69) is 16.5 Å². The van der Waals surface area contributed by atoms with Gasteiger partial charge in [-0.15, -0.1) is 0 Å². The van der Waals surface area contributed by atoms with Crippen molar-refractivity contribution in [1.82, 2.24) is 19.4 Å².